The second-order valence-corrected chi connectivity index (χ2v) is 15.9. The predicted molar refractivity (Wildman–Crippen MR) is 147 cm³/mol. The maximum absolute atomic E-state index is 10.4. The molecule has 0 saturated heterocycles. The van der Waals surface area contributed by atoms with E-state index < -0.39 is 0 Å². The van der Waals surface area contributed by atoms with Gasteiger partial charge >= 0.3 is 0 Å². The van der Waals surface area contributed by atoms with E-state index in [-0.39, 0.29) is 6.10 Å². The summed E-state index contributed by atoms with van der Waals surface area (Å²) < 4.78 is 0. The minimum absolute atomic E-state index is 0.00822. The van der Waals surface area contributed by atoms with E-state index in [1.54, 1.807) is 38.5 Å². The molecule has 2 bridgehead atoms. The number of hydrogen-bond donors (Lipinski definition) is 1. The SMILES string of the molecule is CCC1CCC2(CC[C@@H](C)[C@H]3CC[C@H]4[C@@H]5CC[C@H]6C[C@@H](O)CC[C@]6(C)[C@H]5CC[C@]34C)CCCC1C2. The molecule has 6 rings (SSSR count). The van der Waals surface area contributed by atoms with Gasteiger partial charge in [0.15, 0.2) is 0 Å². The molecule has 6 fully saturated rings. The lowest BCUT2D eigenvalue weighted by atomic mass is 9.44. The van der Waals surface area contributed by atoms with E-state index >= 15 is 0 Å². The summed E-state index contributed by atoms with van der Waals surface area (Å²) in [5, 5.41) is 10.4. The Labute approximate surface area is 218 Å². The molecule has 0 heterocycles. The maximum atomic E-state index is 10.4. The highest BCUT2D eigenvalue weighted by molar-refractivity contribution is 5.10. The molecule has 3 unspecified atom stereocenters. The average molecular weight is 483 g/mol. The average Bonchev–Trinajstić information content (AvgIpc) is 3.21. The first-order valence-corrected chi connectivity index (χ1v) is 16.5. The van der Waals surface area contributed by atoms with Gasteiger partial charge in [-0.1, -0.05) is 47.0 Å². The summed E-state index contributed by atoms with van der Waals surface area (Å²) in [7, 11) is 0. The second-order valence-electron chi connectivity index (χ2n) is 15.9. The molecule has 0 radical (unpaired) electrons. The van der Waals surface area contributed by atoms with Crippen LogP contribution < -0.4 is 0 Å². The van der Waals surface area contributed by atoms with E-state index in [9.17, 15) is 5.11 Å². The van der Waals surface area contributed by atoms with Gasteiger partial charge in [-0.3, -0.25) is 0 Å². The van der Waals surface area contributed by atoms with Gasteiger partial charge in [-0.15, -0.1) is 0 Å². The molecule has 1 nitrogen and oxygen atoms in total. The van der Waals surface area contributed by atoms with Crippen molar-refractivity contribution in [3.8, 4) is 0 Å². The maximum Gasteiger partial charge on any atom is 0.0543 e. The zero-order valence-electron chi connectivity index (χ0n) is 23.9. The highest BCUT2D eigenvalue weighted by Crippen LogP contribution is 2.68. The van der Waals surface area contributed by atoms with Crippen LogP contribution in [-0.2, 0) is 0 Å². The van der Waals surface area contributed by atoms with Crippen molar-refractivity contribution in [1.82, 2.24) is 0 Å². The Hall–Kier alpha value is -0.0400. The van der Waals surface area contributed by atoms with Gasteiger partial charge in [-0.25, -0.2) is 0 Å². The lowest BCUT2D eigenvalue weighted by Crippen LogP contribution is -2.54. The fourth-order valence-corrected chi connectivity index (χ4v) is 12.7. The van der Waals surface area contributed by atoms with Crippen LogP contribution in [0.5, 0.6) is 0 Å². The Balaban J connectivity index is 1.11. The third-order valence-electron chi connectivity index (χ3n) is 14.7. The quantitative estimate of drug-likeness (QED) is 0.413. The van der Waals surface area contributed by atoms with E-state index in [1.165, 1.54) is 64.2 Å². The monoisotopic (exact) mass is 482 g/mol. The van der Waals surface area contributed by atoms with Crippen molar-refractivity contribution in [2.24, 2.45) is 63.6 Å². The van der Waals surface area contributed by atoms with Gasteiger partial charge < -0.3 is 5.11 Å². The standard InChI is InChI=1S/C34H58O/c1-5-24-13-20-34(16-6-7-25(24)22-34)19-12-23(2)29-10-11-30-28-9-8-26-21-27(35)14-17-32(26,3)31(28)15-18-33(29,30)4/h23-31,35H,5-22H2,1-4H3/t23-,24?,25?,26+,27+,28+,29-,30+,31+,32+,33-,34?/m1/s1. The zero-order valence-corrected chi connectivity index (χ0v) is 23.9. The Morgan fingerprint density at radius 3 is 2.46 bits per heavy atom. The molecule has 6 aliphatic carbocycles. The van der Waals surface area contributed by atoms with Crippen LogP contribution in [0.15, 0.2) is 0 Å². The van der Waals surface area contributed by atoms with Crippen molar-refractivity contribution < 1.29 is 5.11 Å². The molecule has 0 aliphatic heterocycles. The van der Waals surface area contributed by atoms with Crippen LogP contribution in [0.2, 0.25) is 0 Å². The minimum Gasteiger partial charge on any atom is -0.393 e. The Morgan fingerprint density at radius 2 is 1.63 bits per heavy atom. The van der Waals surface area contributed by atoms with Crippen molar-refractivity contribution in [1.29, 1.82) is 0 Å². The molecular formula is C34H58O. The normalized spacial score (nSPS) is 54.4. The third kappa shape index (κ3) is 4.10. The molecule has 0 aromatic carbocycles. The molecule has 1 heteroatoms. The van der Waals surface area contributed by atoms with Crippen LogP contribution in [0, 0.1) is 63.6 Å². The Kier molecular flexibility index (Phi) is 6.71. The van der Waals surface area contributed by atoms with Crippen LogP contribution in [0.1, 0.15) is 143 Å². The fourth-order valence-electron chi connectivity index (χ4n) is 12.7. The number of aliphatic hydroxyl groups excluding tert-OH is 1. The predicted octanol–water partition coefficient (Wildman–Crippen LogP) is 9.42. The van der Waals surface area contributed by atoms with E-state index in [2.05, 4.69) is 27.7 Å². The van der Waals surface area contributed by atoms with Crippen LogP contribution in [0.3, 0.4) is 0 Å². The van der Waals surface area contributed by atoms with Gasteiger partial charge in [0.1, 0.15) is 0 Å². The minimum atomic E-state index is -0.00822. The summed E-state index contributed by atoms with van der Waals surface area (Å²) >= 11 is 0. The van der Waals surface area contributed by atoms with Crippen molar-refractivity contribution in [3.63, 3.8) is 0 Å². The van der Waals surface area contributed by atoms with Crippen molar-refractivity contribution in [2.75, 3.05) is 0 Å². The summed E-state index contributed by atoms with van der Waals surface area (Å²) in [6.07, 6.45) is 26.2. The summed E-state index contributed by atoms with van der Waals surface area (Å²) in [5.74, 6) is 7.77. The number of rotatable bonds is 5. The van der Waals surface area contributed by atoms with Crippen LogP contribution >= 0.6 is 0 Å². The lowest BCUT2D eigenvalue weighted by Gasteiger charge is -2.61. The molecule has 200 valence electrons. The van der Waals surface area contributed by atoms with Gasteiger partial charge in [-0.05, 0) is 160 Å². The molecule has 12 atom stereocenters. The largest absolute Gasteiger partial charge is 0.393 e. The first-order valence-electron chi connectivity index (χ1n) is 16.5. The molecule has 0 spiro atoms. The van der Waals surface area contributed by atoms with Gasteiger partial charge in [0.25, 0.3) is 0 Å². The Bertz CT molecular complexity index is 760. The van der Waals surface area contributed by atoms with Gasteiger partial charge in [-0.2, -0.15) is 0 Å². The summed E-state index contributed by atoms with van der Waals surface area (Å²) in [5.41, 5.74) is 1.88. The van der Waals surface area contributed by atoms with Crippen molar-refractivity contribution in [2.45, 2.75) is 149 Å². The first kappa shape index (κ1) is 25.2. The lowest BCUT2D eigenvalue weighted by molar-refractivity contribution is -0.129. The number of aliphatic hydroxyl groups is 1. The summed E-state index contributed by atoms with van der Waals surface area (Å²) in [6.45, 7) is 10.6. The molecule has 6 saturated carbocycles. The second kappa shape index (κ2) is 9.31. The highest BCUT2D eigenvalue weighted by atomic mass is 16.3. The van der Waals surface area contributed by atoms with Crippen molar-refractivity contribution >= 4 is 0 Å². The number of fused-ring (bicyclic) bond motifs is 7. The molecule has 1 N–H and O–H groups in total. The van der Waals surface area contributed by atoms with E-state index in [1.807, 2.05) is 0 Å². The van der Waals surface area contributed by atoms with Crippen molar-refractivity contribution in [3.05, 3.63) is 0 Å². The smallest absolute Gasteiger partial charge is 0.0543 e. The molecule has 0 amide bonds. The molecule has 6 aliphatic rings. The van der Waals surface area contributed by atoms with Crippen LogP contribution in [0.25, 0.3) is 0 Å². The molecule has 0 aromatic heterocycles. The topological polar surface area (TPSA) is 20.2 Å². The molecule has 0 aromatic rings. The summed E-state index contributed by atoms with van der Waals surface area (Å²) in [6, 6.07) is 0. The molecule has 35 heavy (non-hydrogen) atoms. The molecular weight excluding hydrogens is 424 g/mol. The van der Waals surface area contributed by atoms with E-state index in [0.29, 0.717) is 10.8 Å². The fraction of sp³-hybridized carbons (Fsp3) is 1.00. The van der Waals surface area contributed by atoms with Gasteiger partial charge in [0.2, 0.25) is 0 Å². The van der Waals surface area contributed by atoms with E-state index in [4.69, 9.17) is 0 Å². The van der Waals surface area contributed by atoms with Gasteiger partial charge in [0.05, 0.1) is 6.10 Å². The Morgan fingerprint density at radius 1 is 0.829 bits per heavy atom. The summed E-state index contributed by atoms with van der Waals surface area (Å²) in [4.78, 5) is 0. The number of hydrogen-bond acceptors (Lipinski definition) is 1. The van der Waals surface area contributed by atoms with Crippen LogP contribution in [0.4, 0.5) is 0 Å². The third-order valence-corrected chi connectivity index (χ3v) is 14.7. The zero-order chi connectivity index (χ0) is 24.4. The first-order chi connectivity index (χ1) is 16.8. The van der Waals surface area contributed by atoms with Gasteiger partial charge in [0, 0.05) is 0 Å². The van der Waals surface area contributed by atoms with E-state index in [0.717, 1.165) is 65.6 Å². The highest BCUT2D eigenvalue weighted by Gasteiger charge is 2.60. The van der Waals surface area contributed by atoms with Crippen LogP contribution in [-0.4, -0.2) is 11.2 Å².